The summed E-state index contributed by atoms with van der Waals surface area (Å²) >= 11 is 0. The van der Waals surface area contributed by atoms with Crippen LogP contribution >= 0.6 is 0 Å². The molecule has 28 heavy (non-hydrogen) atoms. The van der Waals surface area contributed by atoms with Crippen molar-refractivity contribution in [2.24, 2.45) is 5.92 Å². The van der Waals surface area contributed by atoms with Gasteiger partial charge in [-0.1, -0.05) is 12.1 Å². The van der Waals surface area contributed by atoms with Crippen molar-refractivity contribution in [3.8, 4) is 5.75 Å². The molecule has 0 saturated heterocycles. The SMILES string of the molecule is COc1ccc(CN2CCc3nnc([C@@H](C)NC(=O)C4CC4)n3CC2)cc1C. The molecule has 7 heteroatoms. The number of carbonyl (C=O) groups is 1. The van der Waals surface area contributed by atoms with Crippen molar-refractivity contribution in [3.05, 3.63) is 41.0 Å². The molecule has 0 radical (unpaired) electrons. The summed E-state index contributed by atoms with van der Waals surface area (Å²) in [6.45, 7) is 7.72. The van der Waals surface area contributed by atoms with Gasteiger partial charge in [-0.3, -0.25) is 9.69 Å². The minimum absolute atomic E-state index is 0.106. The summed E-state index contributed by atoms with van der Waals surface area (Å²) in [4.78, 5) is 14.5. The molecule has 1 aromatic carbocycles. The minimum Gasteiger partial charge on any atom is -0.496 e. The summed E-state index contributed by atoms with van der Waals surface area (Å²) in [5.41, 5.74) is 2.45. The van der Waals surface area contributed by atoms with Crippen LogP contribution in [0.3, 0.4) is 0 Å². The van der Waals surface area contributed by atoms with Gasteiger partial charge in [0.1, 0.15) is 11.6 Å². The first-order chi connectivity index (χ1) is 13.5. The zero-order chi connectivity index (χ0) is 19.7. The maximum absolute atomic E-state index is 12.1. The van der Waals surface area contributed by atoms with Gasteiger partial charge in [0.2, 0.25) is 5.91 Å². The molecule has 0 unspecified atom stereocenters. The molecule has 1 aliphatic carbocycles. The molecule has 2 aromatic rings. The van der Waals surface area contributed by atoms with Gasteiger partial charge in [0.15, 0.2) is 5.82 Å². The van der Waals surface area contributed by atoms with Crippen LogP contribution in [0.2, 0.25) is 0 Å². The molecule has 4 rings (SSSR count). The van der Waals surface area contributed by atoms with Gasteiger partial charge in [0.25, 0.3) is 0 Å². The number of methoxy groups -OCH3 is 1. The fourth-order valence-electron chi connectivity index (χ4n) is 3.91. The van der Waals surface area contributed by atoms with Crippen LogP contribution in [0, 0.1) is 12.8 Å². The maximum atomic E-state index is 12.1. The van der Waals surface area contributed by atoms with Gasteiger partial charge in [0, 0.05) is 38.5 Å². The third-order valence-corrected chi connectivity index (χ3v) is 5.71. The highest BCUT2D eigenvalue weighted by Gasteiger charge is 2.31. The first kappa shape index (κ1) is 18.9. The van der Waals surface area contributed by atoms with Crippen molar-refractivity contribution < 1.29 is 9.53 Å². The number of rotatable bonds is 6. The molecular formula is C21H29N5O2. The molecule has 1 N–H and O–H groups in total. The summed E-state index contributed by atoms with van der Waals surface area (Å²) in [6.07, 6.45) is 2.89. The van der Waals surface area contributed by atoms with Crippen molar-refractivity contribution in [1.29, 1.82) is 0 Å². The highest BCUT2D eigenvalue weighted by molar-refractivity contribution is 5.81. The molecule has 1 fully saturated rings. The van der Waals surface area contributed by atoms with Crippen LogP contribution in [0.1, 0.15) is 48.6 Å². The fourth-order valence-corrected chi connectivity index (χ4v) is 3.91. The Morgan fingerprint density at radius 2 is 2.11 bits per heavy atom. The van der Waals surface area contributed by atoms with Gasteiger partial charge in [0.05, 0.1) is 13.2 Å². The molecule has 0 spiro atoms. The third-order valence-electron chi connectivity index (χ3n) is 5.71. The second-order valence-electron chi connectivity index (χ2n) is 7.96. The average molecular weight is 383 g/mol. The molecule has 1 aromatic heterocycles. The van der Waals surface area contributed by atoms with Gasteiger partial charge in [-0.2, -0.15) is 0 Å². The van der Waals surface area contributed by atoms with Gasteiger partial charge in [-0.05, 0) is 43.9 Å². The molecule has 1 saturated carbocycles. The molecule has 150 valence electrons. The largest absolute Gasteiger partial charge is 0.496 e. The topological polar surface area (TPSA) is 72.3 Å². The third kappa shape index (κ3) is 4.04. The smallest absolute Gasteiger partial charge is 0.223 e. The van der Waals surface area contributed by atoms with Crippen LogP contribution in [0.4, 0.5) is 0 Å². The number of aryl methyl sites for hydroxylation is 1. The Hall–Kier alpha value is -2.41. The summed E-state index contributed by atoms with van der Waals surface area (Å²) in [7, 11) is 1.71. The van der Waals surface area contributed by atoms with E-state index in [1.54, 1.807) is 7.11 Å². The van der Waals surface area contributed by atoms with Crippen LogP contribution in [-0.4, -0.2) is 45.8 Å². The van der Waals surface area contributed by atoms with Crippen molar-refractivity contribution in [2.45, 2.75) is 52.2 Å². The average Bonchev–Trinajstić information content (AvgIpc) is 3.47. The zero-order valence-corrected chi connectivity index (χ0v) is 16.9. The molecule has 1 atom stereocenters. The van der Waals surface area contributed by atoms with E-state index in [-0.39, 0.29) is 17.9 Å². The van der Waals surface area contributed by atoms with Gasteiger partial charge in [-0.15, -0.1) is 10.2 Å². The molecule has 0 bridgehead atoms. The number of nitrogens with zero attached hydrogens (tertiary/aromatic N) is 4. The Bertz CT molecular complexity index is 858. The molecule has 2 aliphatic rings. The summed E-state index contributed by atoms with van der Waals surface area (Å²) in [6, 6.07) is 6.27. The Balaban J connectivity index is 1.40. The normalized spacial score (nSPS) is 18.2. The van der Waals surface area contributed by atoms with E-state index in [0.717, 1.165) is 68.4 Å². The Labute approximate surface area is 166 Å². The first-order valence-electron chi connectivity index (χ1n) is 10.1. The monoisotopic (exact) mass is 383 g/mol. The van der Waals surface area contributed by atoms with Gasteiger partial charge in [-0.25, -0.2) is 0 Å². The zero-order valence-electron chi connectivity index (χ0n) is 16.9. The van der Waals surface area contributed by atoms with Crippen molar-refractivity contribution in [3.63, 3.8) is 0 Å². The van der Waals surface area contributed by atoms with E-state index in [1.807, 2.05) is 13.0 Å². The molecule has 7 nitrogen and oxygen atoms in total. The number of fused-ring (bicyclic) bond motifs is 1. The number of carbonyl (C=O) groups excluding carboxylic acids is 1. The predicted octanol–water partition coefficient (Wildman–Crippen LogP) is 2.24. The van der Waals surface area contributed by atoms with Gasteiger partial charge >= 0.3 is 0 Å². The van der Waals surface area contributed by atoms with E-state index in [0.29, 0.717) is 0 Å². The van der Waals surface area contributed by atoms with Gasteiger partial charge < -0.3 is 14.6 Å². The van der Waals surface area contributed by atoms with E-state index < -0.39 is 0 Å². The quantitative estimate of drug-likeness (QED) is 0.828. The number of nitrogens with one attached hydrogen (secondary N) is 1. The lowest BCUT2D eigenvalue weighted by Crippen LogP contribution is -2.31. The molecule has 1 aliphatic heterocycles. The minimum atomic E-state index is -0.106. The number of ether oxygens (including phenoxy) is 1. The van der Waals surface area contributed by atoms with Crippen LogP contribution in [0.25, 0.3) is 0 Å². The predicted molar refractivity (Wildman–Crippen MR) is 106 cm³/mol. The maximum Gasteiger partial charge on any atom is 0.223 e. The van der Waals surface area contributed by atoms with Crippen LogP contribution < -0.4 is 10.1 Å². The lowest BCUT2D eigenvalue weighted by atomic mass is 10.1. The number of aromatic nitrogens is 3. The Morgan fingerprint density at radius 1 is 1.29 bits per heavy atom. The number of amides is 1. The van der Waals surface area contributed by atoms with Crippen molar-refractivity contribution in [1.82, 2.24) is 25.0 Å². The lowest BCUT2D eigenvalue weighted by molar-refractivity contribution is -0.123. The lowest BCUT2D eigenvalue weighted by Gasteiger charge is -2.21. The highest BCUT2D eigenvalue weighted by atomic mass is 16.5. The summed E-state index contributed by atoms with van der Waals surface area (Å²) < 4.78 is 7.55. The van der Waals surface area contributed by atoms with Crippen LogP contribution in [-0.2, 0) is 24.3 Å². The first-order valence-corrected chi connectivity index (χ1v) is 10.1. The van der Waals surface area contributed by atoms with Crippen molar-refractivity contribution in [2.75, 3.05) is 20.2 Å². The van der Waals surface area contributed by atoms with E-state index >= 15 is 0 Å². The number of benzene rings is 1. The molecule has 2 heterocycles. The van der Waals surface area contributed by atoms with Crippen LogP contribution in [0.5, 0.6) is 5.75 Å². The van der Waals surface area contributed by atoms with E-state index in [9.17, 15) is 4.79 Å². The van der Waals surface area contributed by atoms with Crippen molar-refractivity contribution >= 4 is 5.91 Å². The summed E-state index contributed by atoms with van der Waals surface area (Å²) in [5, 5.41) is 11.9. The Kier molecular flexibility index (Phi) is 5.35. The van der Waals surface area contributed by atoms with E-state index in [4.69, 9.17) is 4.74 Å². The highest BCUT2D eigenvalue weighted by Crippen LogP contribution is 2.29. The van der Waals surface area contributed by atoms with E-state index in [2.05, 4.69) is 44.0 Å². The second-order valence-corrected chi connectivity index (χ2v) is 7.96. The van der Waals surface area contributed by atoms with Crippen LogP contribution in [0.15, 0.2) is 18.2 Å². The second kappa shape index (κ2) is 7.91. The standard InChI is InChI=1S/C21H29N5O2/c1-14-12-16(4-7-18(14)28-3)13-25-9-8-19-23-24-20(26(19)11-10-25)15(2)22-21(27)17-5-6-17/h4,7,12,15,17H,5-6,8-11,13H2,1-3H3,(H,22,27)/t15-/m1/s1. The molecular weight excluding hydrogens is 354 g/mol. The number of hydrogen-bond donors (Lipinski definition) is 1. The molecule has 1 amide bonds. The Morgan fingerprint density at radius 3 is 2.82 bits per heavy atom. The fraction of sp³-hybridized carbons (Fsp3) is 0.571. The number of hydrogen-bond acceptors (Lipinski definition) is 5. The summed E-state index contributed by atoms with van der Waals surface area (Å²) in [5.74, 6) is 3.16. The van der Waals surface area contributed by atoms with E-state index in [1.165, 1.54) is 5.56 Å².